The van der Waals surface area contributed by atoms with E-state index in [9.17, 15) is 4.79 Å². The Kier molecular flexibility index (Phi) is 6.38. The van der Waals surface area contributed by atoms with Crippen LogP contribution in [0, 0.1) is 0 Å². The van der Waals surface area contributed by atoms with E-state index in [1.54, 1.807) is 19.2 Å². The van der Waals surface area contributed by atoms with Gasteiger partial charge in [0, 0.05) is 19.8 Å². The molecule has 3 aromatic rings. The monoisotopic (exact) mass is 406 g/mol. The molecule has 0 radical (unpaired) electrons. The molecule has 0 aliphatic heterocycles. The maximum absolute atomic E-state index is 12.1. The molecule has 1 amide bonds. The van der Waals surface area contributed by atoms with Crippen LogP contribution in [0.1, 0.15) is 21.5 Å². The molecule has 0 saturated carbocycles. The molecule has 6 N–H and O–H groups in total. The van der Waals surface area contributed by atoms with Gasteiger partial charge in [-0.2, -0.15) is 9.97 Å². The van der Waals surface area contributed by atoms with Crippen molar-refractivity contribution in [1.82, 2.24) is 20.3 Å². The number of anilines is 3. The van der Waals surface area contributed by atoms with E-state index in [4.69, 9.17) is 16.2 Å². The molecule has 0 unspecified atom stereocenters. The van der Waals surface area contributed by atoms with Gasteiger partial charge in [-0.1, -0.05) is 24.3 Å². The van der Waals surface area contributed by atoms with Crippen molar-refractivity contribution in [3.8, 4) is 5.88 Å². The number of carbonyl (C=O) groups excluding carboxylic acids is 1. The zero-order valence-corrected chi connectivity index (χ0v) is 16.4. The summed E-state index contributed by atoms with van der Waals surface area (Å²) in [7, 11) is 1.70. The second kappa shape index (κ2) is 9.32. The Morgan fingerprint density at radius 3 is 2.50 bits per heavy atom. The lowest BCUT2D eigenvalue weighted by Crippen LogP contribution is -2.22. The molecule has 0 bridgehead atoms. The minimum atomic E-state index is -0.221. The fraction of sp³-hybridized carbons (Fsp3) is 0.150. The average Bonchev–Trinajstić information content (AvgIpc) is 2.76. The Labute approximate surface area is 173 Å². The van der Waals surface area contributed by atoms with Gasteiger partial charge in [0.15, 0.2) is 11.5 Å². The van der Waals surface area contributed by atoms with Crippen LogP contribution in [0.15, 0.2) is 47.6 Å². The number of nitrogens with one attached hydrogen (secondary N) is 2. The minimum absolute atomic E-state index is 0.0733. The zero-order chi connectivity index (χ0) is 21.5. The van der Waals surface area contributed by atoms with Gasteiger partial charge in [0.2, 0.25) is 11.8 Å². The summed E-state index contributed by atoms with van der Waals surface area (Å²) < 4.78 is 5.75. The van der Waals surface area contributed by atoms with E-state index in [1.807, 2.05) is 24.3 Å². The van der Waals surface area contributed by atoms with Gasteiger partial charge in [-0.25, -0.2) is 4.98 Å². The van der Waals surface area contributed by atoms with Crippen molar-refractivity contribution < 1.29 is 9.53 Å². The summed E-state index contributed by atoms with van der Waals surface area (Å²) in [4.78, 5) is 28.1. The summed E-state index contributed by atoms with van der Waals surface area (Å²) >= 11 is 0. The molecule has 30 heavy (non-hydrogen) atoms. The van der Waals surface area contributed by atoms with Crippen molar-refractivity contribution >= 4 is 35.9 Å². The first-order chi connectivity index (χ1) is 14.5. The maximum Gasteiger partial charge on any atom is 0.253 e. The molecule has 2 heterocycles. The normalized spacial score (nSPS) is 10.3. The summed E-state index contributed by atoms with van der Waals surface area (Å²) in [5.74, 6) is 0.905. The maximum atomic E-state index is 12.1. The summed E-state index contributed by atoms with van der Waals surface area (Å²) in [6.45, 7) is 4.16. The number of ether oxygens (including phenoxy) is 1. The Morgan fingerprint density at radius 2 is 1.87 bits per heavy atom. The molecule has 10 nitrogen and oxygen atoms in total. The molecular weight excluding hydrogens is 384 g/mol. The van der Waals surface area contributed by atoms with E-state index < -0.39 is 0 Å². The van der Waals surface area contributed by atoms with Crippen LogP contribution in [-0.2, 0) is 13.2 Å². The molecule has 0 spiro atoms. The van der Waals surface area contributed by atoms with Crippen molar-refractivity contribution in [3.63, 3.8) is 0 Å². The van der Waals surface area contributed by atoms with E-state index in [-0.39, 0.29) is 24.3 Å². The van der Waals surface area contributed by atoms with Crippen LogP contribution < -0.4 is 26.8 Å². The van der Waals surface area contributed by atoms with E-state index in [1.165, 1.54) is 6.20 Å². The fourth-order valence-corrected chi connectivity index (χ4v) is 2.60. The van der Waals surface area contributed by atoms with Crippen LogP contribution in [-0.4, -0.2) is 34.6 Å². The predicted octanol–water partition coefficient (Wildman–Crippen LogP) is 1.92. The molecule has 0 fully saturated rings. The number of hydrogen-bond donors (Lipinski definition) is 4. The highest BCUT2D eigenvalue weighted by Gasteiger charge is 2.13. The number of hydrogen-bond acceptors (Lipinski definition) is 9. The summed E-state index contributed by atoms with van der Waals surface area (Å²) in [6.07, 6.45) is 1.44. The average molecular weight is 406 g/mol. The summed E-state index contributed by atoms with van der Waals surface area (Å²) in [5, 5.41) is 5.72. The molecule has 0 saturated heterocycles. The lowest BCUT2D eigenvalue weighted by Gasteiger charge is -2.12. The first kappa shape index (κ1) is 20.5. The number of aromatic nitrogens is 3. The van der Waals surface area contributed by atoms with Crippen molar-refractivity contribution in [2.45, 2.75) is 13.2 Å². The summed E-state index contributed by atoms with van der Waals surface area (Å²) in [6, 6.07) is 10.8. The highest BCUT2D eigenvalue weighted by Crippen LogP contribution is 2.33. The van der Waals surface area contributed by atoms with Crippen molar-refractivity contribution in [2.24, 2.45) is 4.99 Å². The fourth-order valence-electron chi connectivity index (χ4n) is 2.60. The highest BCUT2D eigenvalue weighted by molar-refractivity contribution is 5.93. The van der Waals surface area contributed by atoms with Crippen molar-refractivity contribution in [1.29, 1.82) is 0 Å². The van der Waals surface area contributed by atoms with Crippen molar-refractivity contribution in [2.75, 3.05) is 23.8 Å². The number of nitrogens with two attached hydrogens (primary N) is 2. The van der Waals surface area contributed by atoms with E-state index in [2.05, 4.69) is 37.3 Å². The highest BCUT2D eigenvalue weighted by atomic mass is 16.5. The van der Waals surface area contributed by atoms with E-state index in [0.717, 1.165) is 11.1 Å². The Balaban J connectivity index is 1.59. The second-order valence-electron chi connectivity index (χ2n) is 6.25. The van der Waals surface area contributed by atoms with Crippen LogP contribution in [0.3, 0.4) is 0 Å². The number of nitrogen functional groups attached to an aromatic ring is 2. The number of amides is 1. The number of pyridine rings is 1. The van der Waals surface area contributed by atoms with Gasteiger partial charge in [-0.3, -0.25) is 9.79 Å². The molecule has 0 aliphatic rings. The smallest absolute Gasteiger partial charge is 0.253 e. The van der Waals surface area contributed by atoms with Gasteiger partial charge in [0.1, 0.15) is 12.4 Å². The molecule has 0 atom stereocenters. The van der Waals surface area contributed by atoms with Crippen LogP contribution in [0.2, 0.25) is 0 Å². The standard InChI is InChI=1S/C20H22N8O2/c1-23-16-17(24-2)27-20(22)28-19(16)30-11-13-5-3-12(4-6-13)9-26-18(29)14-7-8-15(21)25-10-14/h3-8,10H,1,9,11H2,2H3,(H2,21,25)(H,26,29)(H3,22,24,27,28). The molecule has 2 aromatic heterocycles. The molecule has 154 valence electrons. The number of rotatable bonds is 8. The van der Waals surface area contributed by atoms with Crippen molar-refractivity contribution in [3.05, 3.63) is 59.3 Å². The molecule has 3 rings (SSSR count). The van der Waals surface area contributed by atoms with Gasteiger partial charge >= 0.3 is 0 Å². The molecule has 1 aromatic carbocycles. The SMILES string of the molecule is C=Nc1c(NC)nc(N)nc1OCc1ccc(CNC(=O)c2ccc(N)nc2)cc1. The Morgan fingerprint density at radius 1 is 1.13 bits per heavy atom. The quantitative estimate of drug-likeness (QED) is 0.414. The third-order valence-electron chi connectivity index (χ3n) is 4.16. The van der Waals surface area contributed by atoms with Crippen LogP contribution in [0.4, 0.5) is 23.3 Å². The first-order valence-electron chi connectivity index (χ1n) is 9.02. The minimum Gasteiger partial charge on any atom is -0.471 e. The van der Waals surface area contributed by atoms with Gasteiger partial charge in [-0.15, -0.1) is 0 Å². The number of nitrogens with zero attached hydrogens (tertiary/aromatic N) is 4. The first-order valence-corrected chi connectivity index (χ1v) is 9.02. The predicted molar refractivity (Wildman–Crippen MR) is 116 cm³/mol. The van der Waals surface area contributed by atoms with Gasteiger partial charge in [0.25, 0.3) is 5.91 Å². The van der Waals surface area contributed by atoms with Crippen LogP contribution in [0.5, 0.6) is 5.88 Å². The lowest BCUT2D eigenvalue weighted by atomic mass is 10.1. The number of aliphatic imine (C=N–C) groups is 1. The van der Waals surface area contributed by atoms with Gasteiger partial charge in [-0.05, 0) is 30.0 Å². The number of carbonyl (C=O) groups is 1. The van der Waals surface area contributed by atoms with Crippen LogP contribution >= 0.6 is 0 Å². The third kappa shape index (κ3) is 4.98. The molecular formula is C20H22N8O2. The number of benzene rings is 1. The van der Waals surface area contributed by atoms with E-state index in [0.29, 0.717) is 29.4 Å². The zero-order valence-electron chi connectivity index (χ0n) is 16.4. The summed E-state index contributed by atoms with van der Waals surface area (Å²) in [5.41, 5.74) is 13.9. The Hall–Kier alpha value is -4.21. The van der Waals surface area contributed by atoms with E-state index >= 15 is 0 Å². The largest absolute Gasteiger partial charge is 0.471 e. The molecule has 10 heteroatoms. The third-order valence-corrected chi connectivity index (χ3v) is 4.16. The van der Waals surface area contributed by atoms with Gasteiger partial charge in [0.05, 0.1) is 5.56 Å². The molecule has 0 aliphatic carbocycles. The van der Waals surface area contributed by atoms with Gasteiger partial charge < -0.3 is 26.8 Å². The Bertz CT molecular complexity index is 1040. The second-order valence-corrected chi connectivity index (χ2v) is 6.25. The lowest BCUT2D eigenvalue weighted by molar-refractivity contribution is 0.0950. The topological polar surface area (TPSA) is 153 Å². The van der Waals surface area contributed by atoms with Crippen LogP contribution in [0.25, 0.3) is 0 Å².